The molecule has 0 spiro atoms. The highest BCUT2D eigenvalue weighted by atomic mass is 16.4. The van der Waals surface area contributed by atoms with Gasteiger partial charge in [0.05, 0.1) is 0 Å². The first-order chi connectivity index (χ1) is 16.2. The first kappa shape index (κ1) is 20.5. The topological polar surface area (TPSA) is 64.2 Å². The molecule has 6 heteroatoms. The molecule has 2 aromatic heterocycles. The Hall–Kier alpha value is -4.45. The van der Waals surface area contributed by atoms with Crippen molar-refractivity contribution in [3.63, 3.8) is 0 Å². The lowest BCUT2D eigenvalue weighted by Crippen LogP contribution is -2.26. The van der Waals surface area contributed by atoms with Gasteiger partial charge in [0.1, 0.15) is 5.82 Å². The van der Waals surface area contributed by atoms with Crippen molar-refractivity contribution in [3.8, 4) is 28.6 Å². The lowest BCUT2D eigenvalue weighted by atomic mass is 10.2. The van der Waals surface area contributed by atoms with Crippen LogP contribution in [0.4, 0.5) is 5.82 Å². The average Bonchev–Trinajstić information content (AvgIpc) is 3.31. The van der Waals surface area contributed by atoms with E-state index in [0.29, 0.717) is 29.8 Å². The zero-order valence-electron chi connectivity index (χ0n) is 18.1. The molecule has 0 saturated carbocycles. The Kier molecular flexibility index (Phi) is 5.55. The second kappa shape index (κ2) is 8.96. The van der Waals surface area contributed by atoms with Gasteiger partial charge in [-0.05, 0) is 23.8 Å². The van der Waals surface area contributed by atoms with Gasteiger partial charge in [-0.15, -0.1) is 0 Å². The summed E-state index contributed by atoms with van der Waals surface area (Å²) in [4.78, 5) is 24.0. The molecule has 2 heterocycles. The molecule has 6 nitrogen and oxygen atoms in total. The highest BCUT2D eigenvalue weighted by molar-refractivity contribution is 5.69. The third-order valence-corrected chi connectivity index (χ3v) is 5.34. The maximum absolute atomic E-state index is 13.1. The van der Waals surface area contributed by atoms with Crippen molar-refractivity contribution in [2.75, 3.05) is 11.9 Å². The summed E-state index contributed by atoms with van der Waals surface area (Å²) < 4.78 is 7.57. The van der Waals surface area contributed by atoms with E-state index in [2.05, 4.69) is 9.97 Å². The lowest BCUT2D eigenvalue weighted by Gasteiger charge is -2.18. The zero-order valence-corrected chi connectivity index (χ0v) is 18.1. The Morgan fingerprint density at radius 2 is 1.39 bits per heavy atom. The number of hydrogen-bond donors (Lipinski definition) is 0. The molecule has 0 N–H and O–H groups in total. The largest absolute Gasteiger partial charge is 0.434 e. The second-order valence-corrected chi connectivity index (χ2v) is 7.68. The van der Waals surface area contributed by atoms with Crippen LogP contribution in [0, 0.1) is 0 Å². The Morgan fingerprint density at radius 1 is 0.788 bits per heavy atom. The van der Waals surface area contributed by atoms with Crippen molar-refractivity contribution in [1.29, 1.82) is 0 Å². The molecule has 5 rings (SSSR count). The monoisotopic (exact) mass is 434 g/mol. The van der Waals surface area contributed by atoms with E-state index in [4.69, 9.17) is 4.42 Å². The van der Waals surface area contributed by atoms with E-state index in [-0.39, 0.29) is 0 Å². The normalized spacial score (nSPS) is 10.8. The third kappa shape index (κ3) is 4.32. The molecule has 0 amide bonds. The standard InChI is InChI=1S/C27H22N4O2/c1-30(19-20-11-5-2-6-12-20)23-17-18-31(27(32)28-23)25-24(21-13-7-3-8-14-21)33-26(29-25)22-15-9-4-10-16-22/h2-18H,19H2,1H3. The van der Waals surface area contributed by atoms with Crippen molar-refractivity contribution in [3.05, 3.63) is 119 Å². The molecule has 0 aliphatic carbocycles. The summed E-state index contributed by atoms with van der Waals surface area (Å²) in [5, 5.41) is 0. The third-order valence-electron chi connectivity index (χ3n) is 5.34. The quantitative estimate of drug-likeness (QED) is 0.368. The van der Waals surface area contributed by atoms with Crippen LogP contribution in [-0.4, -0.2) is 21.6 Å². The number of aromatic nitrogens is 3. The van der Waals surface area contributed by atoms with Crippen LogP contribution in [0.5, 0.6) is 0 Å². The van der Waals surface area contributed by atoms with Gasteiger partial charge in [0.25, 0.3) is 0 Å². The van der Waals surface area contributed by atoms with Crippen molar-refractivity contribution < 1.29 is 4.42 Å². The van der Waals surface area contributed by atoms with Crippen LogP contribution < -0.4 is 10.6 Å². The highest BCUT2D eigenvalue weighted by Crippen LogP contribution is 2.31. The Morgan fingerprint density at radius 3 is 2.03 bits per heavy atom. The smallest absolute Gasteiger partial charge is 0.355 e. The lowest BCUT2D eigenvalue weighted by molar-refractivity contribution is 0.588. The fraction of sp³-hybridized carbons (Fsp3) is 0.0741. The van der Waals surface area contributed by atoms with E-state index in [9.17, 15) is 4.79 Å². The minimum absolute atomic E-state index is 0.412. The maximum atomic E-state index is 13.1. The number of nitrogens with zero attached hydrogens (tertiary/aromatic N) is 4. The van der Waals surface area contributed by atoms with Gasteiger partial charge < -0.3 is 9.32 Å². The van der Waals surface area contributed by atoms with Crippen molar-refractivity contribution in [1.82, 2.24) is 14.5 Å². The summed E-state index contributed by atoms with van der Waals surface area (Å²) >= 11 is 0. The van der Waals surface area contributed by atoms with Crippen LogP contribution in [0.25, 0.3) is 28.6 Å². The van der Waals surface area contributed by atoms with Gasteiger partial charge in [-0.1, -0.05) is 78.9 Å². The van der Waals surface area contributed by atoms with Gasteiger partial charge in [0.15, 0.2) is 11.6 Å². The fourth-order valence-electron chi connectivity index (χ4n) is 3.66. The van der Waals surface area contributed by atoms with E-state index in [0.717, 1.165) is 16.7 Å². The van der Waals surface area contributed by atoms with Gasteiger partial charge in [0, 0.05) is 30.9 Å². The number of hydrogen-bond acceptors (Lipinski definition) is 5. The Balaban J connectivity index is 1.54. The maximum Gasteiger partial charge on any atom is 0.355 e. The molecule has 0 radical (unpaired) electrons. The number of anilines is 1. The summed E-state index contributed by atoms with van der Waals surface area (Å²) in [5.74, 6) is 1.97. The van der Waals surface area contributed by atoms with Gasteiger partial charge in [-0.2, -0.15) is 9.97 Å². The molecule has 0 fully saturated rings. The summed E-state index contributed by atoms with van der Waals surface area (Å²) in [6.45, 7) is 0.647. The van der Waals surface area contributed by atoms with E-state index in [1.54, 1.807) is 6.20 Å². The Labute approximate surface area is 191 Å². The molecule has 0 bridgehead atoms. The van der Waals surface area contributed by atoms with E-state index >= 15 is 0 Å². The van der Waals surface area contributed by atoms with E-state index in [1.807, 2.05) is 109 Å². The van der Waals surface area contributed by atoms with Gasteiger partial charge >= 0.3 is 5.69 Å². The average molecular weight is 434 g/mol. The predicted octanol–water partition coefficient (Wildman–Crippen LogP) is 5.19. The molecule has 0 aliphatic rings. The van der Waals surface area contributed by atoms with Crippen molar-refractivity contribution in [2.24, 2.45) is 0 Å². The molecule has 0 aliphatic heterocycles. The number of oxazole rings is 1. The predicted molar refractivity (Wildman–Crippen MR) is 129 cm³/mol. The number of benzene rings is 3. The van der Waals surface area contributed by atoms with Crippen molar-refractivity contribution >= 4 is 5.82 Å². The van der Waals surface area contributed by atoms with E-state index in [1.165, 1.54) is 4.57 Å². The zero-order chi connectivity index (χ0) is 22.6. The van der Waals surface area contributed by atoms with Crippen molar-refractivity contribution in [2.45, 2.75) is 6.54 Å². The van der Waals surface area contributed by atoms with Crippen LogP contribution >= 0.6 is 0 Å². The summed E-state index contributed by atoms with van der Waals surface area (Å²) in [6, 6.07) is 31.1. The highest BCUT2D eigenvalue weighted by Gasteiger charge is 2.19. The molecule has 0 saturated heterocycles. The molecular formula is C27H22N4O2. The molecule has 33 heavy (non-hydrogen) atoms. The minimum Gasteiger partial charge on any atom is -0.434 e. The molecule has 0 unspecified atom stereocenters. The van der Waals surface area contributed by atoms with Crippen LogP contribution in [-0.2, 0) is 6.54 Å². The van der Waals surface area contributed by atoms with Gasteiger partial charge in [0.2, 0.25) is 5.89 Å². The minimum atomic E-state index is -0.419. The van der Waals surface area contributed by atoms with Crippen LogP contribution in [0.1, 0.15) is 5.56 Å². The molecule has 5 aromatic rings. The molecule has 0 atom stereocenters. The summed E-state index contributed by atoms with van der Waals surface area (Å²) in [6.07, 6.45) is 1.70. The van der Waals surface area contributed by atoms with Crippen LogP contribution in [0.3, 0.4) is 0 Å². The van der Waals surface area contributed by atoms with Gasteiger partial charge in [-0.25, -0.2) is 9.36 Å². The summed E-state index contributed by atoms with van der Waals surface area (Å²) in [5.41, 5.74) is 2.39. The molecule has 162 valence electrons. The fourth-order valence-corrected chi connectivity index (χ4v) is 3.66. The van der Waals surface area contributed by atoms with E-state index < -0.39 is 5.69 Å². The first-order valence-corrected chi connectivity index (χ1v) is 10.7. The first-order valence-electron chi connectivity index (χ1n) is 10.7. The summed E-state index contributed by atoms with van der Waals surface area (Å²) in [7, 11) is 1.91. The van der Waals surface area contributed by atoms with Crippen LogP contribution in [0.15, 0.2) is 112 Å². The van der Waals surface area contributed by atoms with Gasteiger partial charge in [-0.3, -0.25) is 0 Å². The SMILES string of the molecule is CN(Cc1ccccc1)c1ccn(-c2nc(-c3ccccc3)oc2-c2ccccc2)c(=O)n1. The number of rotatable bonds is 6. The van der Waals surface area contributed by atoms with Crippen LogP contribution in [0.2, 0.25) is 0 Å². The molecular weight excluding hydrogens is 412 g/mol. The Bertz CT molecular complexity index is 1410. The molecule has 3 aromatic carbocycles. The second-order valence-electron chi connectivity index (χ2n) is 7.68.